The van der Waals surface area contributed by atoms with Crippen LogP contribution in [-0.4, -0.2) is 21.9 Å². The molecule has 0 aromatic heterocycles. The summed E-state index contributed by atoms with van der Waals surface area (Å²) in [5.41, 5.74) is 2.52. The third kappa shape index (κ3) is 5.01. The predicted molar refractivity (Wildman–Crippen MR) is 103 cm³/mol. The number of aliphatic hydroxyl groups is 1. The van der Waals surface area contributed by atoms with Crippen LogP contribution in [-0.2, 0) is 5.41 Å². The van der Waals surface area contributed by atoms with Crippen LogP contribution in [0.15, 0.2) is 23.8 Å². The zero-order chi connectivity index (χ0) is 18.4. The standard InChI is InChI=1S/C22H34O3/c1-4-5-6-7-11-22(2,3)18-13-19(24)21(20(25)14-18)17-10-8-9-16(12-17)15-23/h12-14,17,23-25H,4-11,15H2,1-3H3. The van der Waals surface area contributed by atoms with Gasteiger partial charge in [-0.05, 0) is 54.4 Å². The maximum absolute atomic E-state index is 10.6. The maximum atomic E-state index is 10.6. The Bertz CT molecular complexity index is 578. The van der Waals surface area contributed by atoms with Gasteiger partial charge in [-0.25, -0.2) is 0 Å². The highest BCUT2D eigenvalue weighted by Crippen LogP contribution is 2.44. The summed E-state index contributed by atoms with van der Waals surface area (Å²) < 4.78 is 0. The molecule has 0 saturated carbocycles. The Morgan fingerprint density at radius 3 is 2.36 bits per heavy atom. The Morgan fingerprint density at radius 2 is 1.76 bits per heavy atom. The summed E-state index contributed by atoms with van der Waals surface area (Å²) in [5.74, 6) is 0.340. The van der Waals surface area contributed by atoms with Crippen molar-refractivity contribution < 1.29 is 15.3 Å². The second-order valence-corrected chi connectivity index (χ2v) is 8.10. The van der Waals surface area contributed by atoms with Crippen LogP contribution >= 0.6 is 0 Å². The summed E-state index contributed by atoms with van der Waals surface area (Å²) in [7, 11) is 0. The molecule has 1 atom stereocenters. The molecule has 25 heavy (non-hydrogen) atoms. The Balaban J connectivity index is 2.22. The number of hydrogen-bond donors (Lipinski definition) is 3. The van der Waals surface area contributed by atoms with Crippen molar-refractivity contribution in [1.82, 2.24) is 0 Å². The minimum atomic E-state index is -0.0695. The van der Waals surface area contributed by atoms with E-state index in [4.69, 9.17) is 0 Å². The van der Waals surface area contributed by atoms with Crippen molar-refractivity contribution in [2.75, 3.05) is 6.61 Å². The van der Waals surface area contributed by atoms with Crippen LogP contribution in [0.5, 0.6) is 11.5 Å². The van der Waals surface area contributed by atoms with Crippen LogP contribution in [0.4, 0.5) is 0 Å². The number of aromatic hydroxyl groups is 2. The van der Waals surface area contributed by atoms with Gasteiger partial charge in [-0.2, -0.15) is 0 Å². The maximum Gasteiger partial charge on any atom is 0.123 e. The fourth-order valence-corrected chi connectivity index (χ4v) is 3.89. The van der Waals surface area contributed by atoms with Crippen molar-refractivity contribution in [3.05, 3.63) is 34.9 Å². The molecular weight excluding hydrogens is 312 g/mol. The minimum absolute atomic E-state index is 0.0161. The molecule has 1 aromatic rings. The SMILES string of the molecule is CCCCCCC(C)(C)c1cc(O)c(C2C=C(CO)CCC2)c(O)c1. The van der Waals surface area contributed by atoms with E-state index in [0.29, 0.717) is 5.56 Å². The van der Waals surface area contributed by atoms with Crippen molar-refractivity contribution in [3.8, 4) is 11.5 Å². The van der Waals surface area contributed by atoms with Crippen molar-refractivity contribution in [2.24, 2.45) is 0 Å². The van der Waals surface area contributed by atoms with Crippen molar-refractivity contribution in [1.29, 1.82) is 0 Å². The number of unbranched alkanes of at least 4 members (excludes halogenated alkanes) is 3. The number of phenolic OH excluding ortho intramolecular Hbond substituents is 2. The fourth-order valence-electron chi connectivity index (χ4n) is 3.89. The first-order chi connectivity index (χ1) is 11.9. The summed E-state index contributed by atoms with van der Waals surface area (Å²) in [6.45, 7) is 6.62. The average Bonchev–Trinajstić information content (AvgIpc) is 2.58. The van der Waals surface area contributed by atoms with E-state index in [1.54, 1.807) is 0 Å². The highest BCUT2D eigenvalue weighted by molar-refractivity contribution is 5.52. The van der Waals surface area contributed by atoms with Crippen molar-refractivity contribution in [2.45, 2.75) is 83.5 Å². The van der Waals surface area contributed by atoms with Crippen LogP contribution in [0.25, 0.3) is 0 Å². The first kappa shape index (κ1) is 19.8. The van der Waals surface area contributed by atoms with Crippen LogP contribution in [0.3, 0.4) is 0 Å². The molecule has 0 heterocycles. The topological polar surface area (TPSA) is 60.7 Å². The highest BCUT2D eigenvalue weighted by atomic mass is 16.3. The molecule has 3 N–H and O–H groups in total. The molecule has 1 aliphatic carbocycles. The molecule has 0 amide bonds. The van der Waals surface area contributed by atoms with E-state index in [2.05, 4.69) is 20.8 Å². The first-order valence-electron chi connectivity index (χ1n) is 9.75. The van der Waals surface area contributed by atoms with Gasteiger partial charge in [0.15, 0.2) is 0 Å². The molecule has 3 heteroatoms. The first-order valence-corrected chi connectivity index (χ1v) is 9.75. The van der Waals surface area contributed by atoms with E-state index in [1.165, 1.54) is 19.3 Å². The van der Waals surface area contributed by atoms with E-state index in [9.17, 15) is 15.3 Å². The van der Waals surface area contributed by atoms with Gasteiger partial charge in [-0.15, -0.1) is 0 Å². The molecule has 1 aromatic carbocycles. The summed E-state index contributed by atoms with van der Waals surface area (Å²) in [6.07, 6.45) is 10.7. The number of allylic oxidation sites excluding steroid dienone is 1. The quantitative estimate of drug-likeness (QED) is 0.428. The largest absolute Gasteiger partial charge is 0.507 e. The van der Waals surface area contributed by atoms with Gasteiger partial charge in [-0.3, -0.25) is 0 Å². The summed E-state index contributed by atoms with van der Waals surface area (Å²) >= 11 is 0. The van der Waals surface area contributed by atoms with E-state index < -0.39 is 0 Å². The van der Waals surface area contributed by atoms with Crippen molar-refractivity contribution >= 4 is 0 Å². The molecule has 1 unspecified atom stereocenters. The smallest absolute Gasteiger partial charge is 0.123 e. The molecule has 2 rings (SSSR count). The van der Waals surface area contributed by atoms with Gasteiger partial charge < -0.3 is 15.3 Å². The molecular formula is C22H34O3. The van der Waals surface area contributed by atoms with E-state index >= 15 is 0 Å². The van der Waals surface area contributed by atoms with Gasteiger partial charge in [0.1, 0.15) is 11.5 Å². The van der Waals surface area contributed by atoms with Gasteiger partial charge in [-0.1, -0.05) is 52.5 Å². The molecule has 0 saturated heterocycles. The van der Waals surface area contributed by atoms with Gasteiger partial charge in [0, 0.05) is 11.5 Å². The number of benzene rings is 1. The Morgan fingerprint density at radius 1 is 1.08 bits per heavy atom. The summed E-state index contributed by atoms with van der Waals surface area (Å²) in [5, 5.41) is 30.6. The molecule has 0 aliphatic heterocycles. The molecule has 0 fully saturated rings. The van der Waals surface area contributed by atoms with Gasteiger partial charge >= 0.3 is 0 Å². The lowest BCUT2D eigenvalue weighted by atomic mass is 9.78. The minimum Gasteiger partial charge on any atom is -0.507 e. The normalized spacial score (nSPS) is 18.2. The molecule has 3 nitrogen and oxygen atoms in total. The van der Waals surface area contributed by atoms with Crippen LogP contribution in [0, 0.1) is 0 Å². The Labute approximate surface area is 152 Å². The second-order valence-electron chi connectivity index (χ2n) is 8.10. The fraction of sp³-hybridized carbons (Fsp3) is 0.636. The number of hydrogen-bond acceptors (Lipinski definition) is 3. The second kappa shape index (κ2) is 8.75. The lowest BCUT2D eigenvalue weighted by Gasteiger charge is -2.28. The zero-order valence-corrected chi connectivity index (χ0v) is 16.0. The third-order valence-electron chi connectivity index (χ3n) is 5.60. The van der Waals surface area contributed by atoms with Crippen molar-refractivity contribution in [3.63, 3.8) is 0 Å². The summed E-state index contributed by atoms with van der Waals surface area (Å²) in [6, 6.07) is 3.66. The Hall–Kier alpha value is -1.48. The number of phenols is 2. The average molecular weight is 347 g/mol. The van der Waals surface area contributed by atoms with E-state index in [0.717, 1.165) is 43.2 Å². The molecule has 0 radical (unpaired) electrons. The molecule has 1 aliphatic rings. The molecule has 0 spiro atoms. The zero-order valence-electron chi connectivity index (χ0n) is 16.0. The van der Waals surface area contributed by atoms with Crippen LogP contribution in [0.1, 0.15) is 89.2 Å². The third-order valence-corrected chi connectivity index (χ3v) is 5.60. The van der Waals surface area contributed by atoms with E-state index in [-0.39, 0.29) is 29.4 Å². The van der Waals surface area contributed by atoms with Gasteiger partial charge in [0.25, 0.3) is 0 Å². The summed E-state index contributed by atoms with van der Waals surface area (Å²) in [4.78, 5) is 0. The monoisotopic (exact) mass is 346 g/mol. The van der Waals surface area contributed by atoms with Crippen LogP contribution in [0.2, 0.25) is 0 Å². The van der Waals surface area contributed by atoms with Gasteiger partial charge in [0.2, 0.25) is 0 Å². The lowest BCUT2D eigenvalue weighted by molar-refractivity contribution is 0.320. The lowest BCUT2D eigenvalue weighted by Crippen LogP contribution is -2.17. The molecule has 0 bridgehead atoms. The van der Waals surface area contributed by atoms with Gasteiger partial charge in [0.05, 0.1) is 6.61 Å². The molecule has 140 valence electrons. The predicted octanol–water partition coefficient (Wildman–Crippen LogP) is 5.53. The van der Waals surface area contributed by atoms with Crippen LogP contribution < -0.4 is 0 Å². The highest BCUT2D eigenvalue weighted by Gasteiger charge is 2.26. The number of aliphatic hydroxyl groups excluding tert-OH is 1. The number of rotatable bonds is 8. The Kier molecular flexibility index (Phi) is 6.95. The van der Waals surface area contributed by atoms with E-state index in [1.807, 2.05) is 18.2 Å².